The second kappa shape index (κ2) is 8.78. The van der Waals surface area contributed by atoms with Crippen LogP contribution in [0, 0.1) is 5.82 Å². The largest absolute Gasteiger partial charge is 0.467 e. The Morgan fingerprint density at radius 1 is 1.14 bits per heavy atom. The summed E-state index contributed by atoms with van der Waals surface area (Å²) in [5, 5.41) is 0. The van der Waals surface area contributed by atoms with E-state index in [9.17, 15) is 14.0 Å². The van der Waals surface area contributed by atoms with Gasteiger partial charge in [0.05, 0.1) is 18.9 Å². The first-order valence-corrected chi connectivity index (χ1v) is 10.1. The summed E-state index contributed by atoms with van der Waals surface area (Å²) in [4.78, 5) is 29.4. The van der Waals surface area contributed by atoms with Gasteiger partial charge in [0.2, 0.25) is 5.91 Å². The lowest BCUT2D eigenvalue weighted by molar-refractivity contribution is -0.134. The third kappa shape index (κ3) is 5.03. The first-order valence-electron chi connectivity index (χ1n) is 10.1. The van der Waals surface area contributed by atoms with Crippen molar-refractivity contribution in [2.45, 2.75) is 44.4 Å². The Morgan fingerprint density at radius 3 is 2.66 bits per heavy atom. The molecule has 29 heavy (non-hydrogen) atoms. The van der Waals surface area contributed by atoms with Gasteiger partial charge in [-0.05, 0) is 56.0 Å². The third-order valence-electron chi connectivity index (χ3n) is 5.35. The van der Waals surface area contributed by atoms with Crippen LogP contribution in [0.15, 0.2) is 47.1 Å². The molecule has 1 aromatic heterocycles. The van der Waals surface area contributed by atoms with Crippen molar-refractivity contribution in [1.82, 2.24) is 9.80 Å². The molecule has 0 bridgehead atoms. The van der Waals surface area contributed by atoms with Crippen molar-refractivity contribution in [1.29, 1.82) is 0 Å². The van der Waals surface area contributed by atoms with E-state index in [2.05, 4.69) is 0 Å². The Morgan fingerprint density at radius 2 is 2.00 bits per heavy atom. The van der Waals surface area contributed by atoms with E-state index >= 15 is 0 Å². The van der Waals surface area contributed by atoms with Gasteiger partial charge in [0, 0.05) is 24.8 Å². The zero-order valence-electron chi connectivity index (χ0n) is 16.3. The fourth-order valence-corrected chi connectivity index (χ4v) is 3.67. The van der Waals surface area contributed by atoms with Crippen LogP contribution in [0.3, 0.4) is 0 Å². The molecule has 2 amide bonds. The van der Waals surface area contributed by atoms with Gasteiger partial charge in [-0.1, -0.05) is 6.07 Å². The predicted octanol–water partition coefficient (Wildman–Crippen LogP) is 3.23. The van der Waals surface area contributed by atoms with E-state index in [1.54, 1.807) is 28.2 Å². The number of nitrogens with zero attached hydrogens (tertiary/aromatic N) is 2. The van der Waals surface area contributed by atoms with Gasteiger partial charge in [-0.3, -0.25) is 9.59 Å². The lowest BCUT2D eigenvalue weighted by Gasteiger charge is -2.29. The summed E-state index contributed by atoms with van der Waals surface area (Å²) in [5.74, 6) is -0.245. The van der Waals surface area contributed by atoms with E-state index in [-0.39, 0.29) is 36.1 Å². The second-order valence-corrected chi connectivity index (χ2v) is 7.66. The van der Waals surface area contributed by atoms with Crippen molar-refractivity contribution < 1.29 is 23.1 Å². The Bertz CT molecular complexity index is 844. The molecule has 2 fully saturated rings. The Balaban J connectivity index is 1.48. The molecule has 1 saturated heterocycles. The molecular formula is C22H25FN2O4. The summed E-state index contributed by atoms with van der Waals surface area (Å²) < 4.78 is 24.7. The minimum atomic E-state index is -0.462. The normalized spacial score (nSPS) is 18.6. The van der Waals surface area contributed by atoms with Crippen LogP contribution in [-0.4, -0.2) is 53.5 Å². The minimum absolute atomic E-state index is 0.00204. The number of rotatable bonds is 8. The highest BCUT2D eigenvalue weighted by molar-refractivity contribution is 5.97. The van der Waals surface area contributed by atoms with Gasteiger partial charge < -0.3 is 19.0 Å². The molecule has 1 aromatic carbocycles. The molecule has 1 saturated carbocycles. The molecule has 154 valence electrons. The van der Waals surface area contributed by atoms with Gasteiger partial charge in [0.15, 0.2) is 0 Å². The van der Waals surface area contributed by atoms with E-state index in [4.69, 9.17) is 9.15 Å². The van der Waals surface area contributed by atoms with Gasteiger partial charge in [0.25, 0.3) is 5.91 Å². The molecule has 7 heteroatoms. The zero-order valence-corrected chi connectivity index (χ0v) is 16.3. The molecule has 0 N–H and O–H groups in total. The van der Waals surface area contributed by atoms with E-state index in [1.165, 1.54) is 18.2 Å². The Kier molecular flexibility index (Phi) is 5.94. The summed E-state index contributed by atoms with van der Waals surface area (Å²) in [7, 11) is 0. The topological polar surface area (TPSA) is 63.0 Å². The summed E-state index contributed by atoms with van der Waals surface area (Å²) in [6.45, 7) is 1.47. The van der Waals surface area contributed by atoms with Crippen molar-refractivity contribution >= 4 is 11.8 Å². The van der Waals surface area contributed by atoms with Crippen LogP contribution < -0.4 is 0 Å². The zero-order chi connectivity index (χ0) is 20.2. The number of hydrogen-bond donors (Lipinski definition) is 0. The molecule has 6 nitrogen and oxygen atoms in total. The fourth-order valence-electron chi connectivity index (χ4n) is 3.67. The lowest BCUT2D eigenvalue weighted by atomic mass is 10.2. The Labute approximate surface area is 169 Å². The van der Waals surface area contributed by atoms with Crippen molar-refractivity contribution in [3.05, 3.63) is 59.8 Å². The molecule has 1 aliphatic carbocycles. The number of furan rings is 1. The number of amides is 2. The number of hydrogen-bond acceptors (Lipinski definition) is 4. The van der Waals surface area contributed by atoms with Crippen molar-refractivity contribution in [3.63, 3.8) is 0 Å². The quantitative estimate of drug-likeness (QED) is 0.683. The van der Waals surface area contributed by atoms with E-state index in [0.717, 1.165) is 25.7 Å². The molecule has 2 aliphatic rings. The van der Waals surface area contributed by atoms with Crippen LogP contribution in [0.25, 0.3) is 0 Å². The van der Waals surface area contributed by atoms with E-state index in [0.29, 0.717) is 25.5 Å². The maximum atomic E-state index is 13.6. The first-order chi connectivity index (χ1) is 14.1. The highest BCUT2D eigenvalue weighted by atomic mass is 19.1. The number of ether oxygens (including phenoxy) is 1. The van der Waals surface area contributed by atoms with Gasteiger partial charge in [-0.25, -0.2) is 4.39 Å². The van der Waals surface area contributed by atoms with Crippen molar-refractivity contribution in [3.8, 4) is 0 Å². The number of carbonyl (C=O) groups is 2. The molecule has 0 spiro atoms. The molecule has 2 aromatic rings. The third-order valence-corrected chi connectivity index (χ3v) is 5.35. The SMILES string of the molecule is O=C(CN(C(=O)c1cccc(F)c1)C1CC1)N(Cc1ccco1)CC1CCCO1. The molecule has 0 radical (unpaired) electrons. The van der Waals surface area contributed by atoms with Gasteiger partial charge >= 0.3 is 0 Å². The molecule has 1 atom stereocenters. The van der Waals surface area contributed by atoms with Crippen molar-refractivity contribution in [2.24, 2.45) is 0 Å². The van der Waals surface area contributed by atoms with Gasteiger partial charge in [0.1, 0.15) is 18.1 Å². The van der Waals surface area contributed by atoms with Crippen LogP contribution in [-0.2, 0) is 16.1 Å². The average molecular weight is 400 g/mol. The standard InChI is InChI=1S/C22H25FN2O4/c23-17-5-1-4-16(12-17)22(27)25(18-8-9-18)15-21(26)24(13-19-6-2-10-28-19)14-20-7-3-11-29-20/h1-2,4-6,10,12,18,20H,3,7-9,11,13-15H2. The van der Waals surface area contributed by atoms with Gasteiger partial charge in [-0.2, -0.15) is 0 Å². The van der Waals surface area contributed by atoms with Crippen LogP contribution in [0.4, 0.5) is 4.39 Å². The number of halogens is 1. The molecule has 4 rings (SSSR count). The fraction of sp³-hybridized carbons (Fsp3) is 0.455. The van der Waals surface area contributed by atoms with E-state index < -0.39 is 5.82 Å². The maximum Gasteiger partial charge on any atom is 0.254 e. The summed E-state index contributed by atoms with van der Waals surface area (Å²) in [6.07, 6.45) is 5.20. The summed E-state index contributed by atoms with van der Waals surface area (Å²) in [5.41, 5.74) is 0.265. The molecule has 1 aliphatic heterocycles. The molecule has 1 unspecified atom stereocenters. The Hall–Kier alpha value is -2.67. The highest BCUT2D eigenvalue weighted by Crippen LogP contribution is 2.28. The summed E-state index contributed by atoms with van der Waals surface area (Å²) >= 11 is 0. The smallest absolute Gasteiger partial charge is 0.254 e. The maximum absolute atomic E-state index is 13.6. The highest BCUT2D eigenvalue weighted by Gasteiger charge is 2.36. The van der Waals surface area contributed by atoms with Gasteiger partial charge in [-0.15, -0.1) is 0 Å². The van der Waals surface area contributed by atoms with Crippen LogP contribution >= 0.6 is 0 Å². The number of carbonyl (C=O) groups excluding carboxylic acids is 2. The second-order valence-electron chi connectivity index (χ2n) is 7.66. The van der Waals surface area contributed by atoms with Crippen LogP contribution in [0.5, 0.6) is 0 Å². The van der Waals surface area contributed by atoms with Crippen LogP contribution in [0.2, 0.25) is 0 Å². The monoisotopic (exact) mass is 400 g/mol. The predicted molar refractivity (Wildman–Crippen MR) is 104 cm³/mol. The molecular weight excluding hydrogens is 375 g/mol. The minimum Gasteiger partial charge on any atom is -0.467 e. The first kappa shape index (κ1) is 19.6. The van der Waals surface area contributed by atoms with Crippen molar-refractivity contribution in [2.75, 3.05) is 19.7 Å². The summed E-state index contributed by atoms with van der Waals surface area (Å²) in [6, 6.07) is 9.25. The molecule has 2 heterocycles. The lowest BCUT2D eigenvalue weighted by Crippen LogP contribution is -2.45. The van der Waals surface area contributed by atoms with E-state index in [1.807, 2.05) is 6.07 Å². The van der Waals surface area contributed by atoms with Crippen LogP contribution in [0.1, 0.15) is 41.8 Å². The number of benzene rings is 1. The average Bonchev–Trinajstić information content (AvgIpc) is 3.18.